The van der Waals surface area contributed by atoms with Crippen molar-refractivity contribution in [3.63, 3.8) is 0 Å². The van der Waals surface area contributed by atoms with Crippen LogP contribution in [0.2, 0.25) is 0 Å². The second-order valence-electron chi connectivity index (χ2n) is 3.79. The summed E-state index contributed by atoms with van der Waals surface area (Å²) in [5.74, 6) is 0.714. The van der Waals surface area contributed by atoms with Crippen molar-refractivity contribution in [2.24, 2.45) is 7.05 Å². The highest BCUT2D eigenvalue weighted by Gasteiger charge is 2.19. The van der Waals surface area contributed by atoms with Gasteiger partial charge in [-0.2, -0.15) is 5.10 Å². The second kappa shape index (κ2) is 3.44. The predicted octanol–water partition coefficient (Wildman–Crippen LogP) is 1.26. The number of nitrogens with zero attached hydrogens (tertiary/aromatic N) is 2. The van der Waals surface area contributed by atoms with E-state index in [-0.39, 0.29) is 5.91 Å². The van der Waals surface area contributed by atoms with Gasteiger partial charge >= 0.3 is 0 Å². The Morgan fingerprint density at radius 1 is 1.43 bits per heavy atom. The molecule has 0 saturated heterocycles. The minimum absolute atomic E-state index is 0.0449. The number of aromatic nitrogens is 2. The molecular formula is C10H15N3O. The van der Waals surface area contributed by atoms with Gasteiger partial charge in [-0.15, -0.1) is 0 Å². The van der Waals surface area contributed by atoms with Gasteiger partial charge in [0.05, 0.1) is 0 Å². The normalized spacial score (nSPS) is 15.0. The molecule has 1 aliphatic carbocycles. The molecule has 14 heavy (non-hydrogen) atoms. The third-order valence-electron chi connectivity index (χ3n) is 2.66. The number of amides is 1. The first kappa shape index (κ1) is 9.24. The minimum Gasteiger partial charge on any atom is -0.309 e. The van der Waals surface area contributed by atoms with Gasteiger partial charge in [-0.1, -0.05) is 0 Å². The van der Waals surface area contributed by atoms with Crippen LogP contribution >= 0.6 is 0 Å². The molecule has 1 heterocycles. The predicted molar refractivity (Wildman–Crippen MR) is 54.2 cm³/mol. The van der Waals surface area contributed by atoms with Gasteiger partial charge in [0.2, 0.25) is 5.91 Å². The van der Waals surface area contributed by atoms with Crippen molar-refractivity contribution in [1.82, 2.24) is 9.78 Å². The van der Waals surface area contributed by atoms with Crippen LogP contribution < -0.4 is 5.32 Å². The van der Waals surface area contributed by atoms with Crippen LogP contribution in [-0.2, 0) is 24.7 Å². The number of anilines is 1. The van der Waals surface area contributed by atoms with Crippen molar-refractivity contribution in [3.05, 3.63) is 11.3 Å². The Hall–Kier alpha value is -1.32. The first-order valence-corrected chi connectivity index (χ1v) is 5.01. The van der Waals surface area contributed by atoms with E-state index in [1.54, 1.807) is 0 Å². The number of carbonyl (C=O) groups excluding carboxylic acids is 1. The quantitative estimate of drug-likeness (QED) is 0.729. The van der Waals surface area contributed by atoms with Crippen LogP contribution in [-0.4, -0.2) is 15.7 Å². The van der Waals surface area contributed by atoms with Crippen molar-refractivity contribution in [2.75, 3.05) is 5.32 Å². The van der Waals surface area contributed by atoms with Crippen LogP contribution in [0.3, 0.4) is 0 Å². The van der Waals surface area contributed by atoms with E-state index in [1.807, 2.05) is 11.7 Å². The number of fused-ring (bicyclic) bond motifs is 1. The Labute approximate surface area is 83.3 Å². The van der Waals surface area contributed by atoms with Crippen LogP contribution in [0.15, 0.2) is 0 Å². The highest BCUT2D eigenvalue weighted by Crippen LogP contribution is 2.26. The first-order chi connectivity index (χ1) is 6.68. The monoisotopic (exact) mass is 193 g/mol. The molecule has 0 aromatic carbocycles. The largest absolute Gasteiger partial charge is 0.309 e. The van der Waals surface area contributed by atoms with E-state index >= 15 is 0 Å². The summed E-state index contributed by atoms with van der Waals surface area (Å²) in [4.78, 5) is 10.9. The van der Waals surface area contributed by atoms with Crippen molar-refractivity contribution < 1.29 is 4.79 Å². The van der Waals surface area contributed by atoms with E-state index in [4.69, 9.17) is 0 Å². The molecule has 4 heteroatoms. The lowest BCUT2D eigenvalue weighted by Crippen LogP contribution is -2.09. The van der Waals surface area contributed by atoms with Crippen LogP contribution in [0.1, 0.15) is 31.0 Å². The average molecular weight is 193 g/mol. The average Bonchev–Trinajstić information content (AvgIpc) is 2.44. The molecule has 1 N–H and O–H groups in total. The number of rotatable bonds is 1. The maximum Gasteiger partial charge on any atom is 0.222 e. The second-order valence-corrected chi connectivity index (χ2v) is 3.79. The minimum atomic E-state index is -0.0449. The lowest BCUT2D eigenvalue weighted by molar-refractivity contribution is -0.114. The van der Waals surface area contributed by atoms with E-state index in [2.05, 4.69) is 10.4 Å². The molecule has 1 amide bonds. The van der Waals surface area contributed by atoms with Crippen molar-refractivity contribution in [3.8, 4) is 0 Å². The number of carbonyl (C=O) groups is 1. The molecular weight excluding hydrogens is 178 g/mol. The van der Waals surface area contributed by atoms with Gasteiger partial charge in [0.15, 0.2) is 5.82 Å². The topological polar surface area (TPSA) is 46.9 Å². The van der Waals surface area contributed by atoms with Crippen LogP contribution in [0.5, 0.6) is 0 Å². The highest BCUT2D eigenvalue weighted by atomic mass is 16.1. The summed E-state index contributed by atoms with van der Waals surface area (Å²) in [6.45, 7) is 1.52. The van der Waals surface area contributed by atoms with Crippen LogP contribution in [0.4, 0.5) is 5.82 Å². The molecule has 0 atom stereocenters. The Kier molecular flexibility index (Phi) is 2.27. The molecule has 0 bridgehead atoms. The number of nitrogens with one attached hydrogen (secondary N) is 1. The lowest BCUT2D eigenvalue weighted by atomic mass is 9.97. The number of hydrogen-bond donors (Lipinski definition) is 1. The molecule has 0 aliphatic heterocycles. The van der Waals surface area contributed by atoms with Crippen molar-refractivity contribution in [2.45, 2.75) is 32.6 Å². The molecule has 0 saturated carbocycles. The van der Waals surface area contributed by atoms with E-state index < -0.39 is 0 Å². The first-order valence-electron chi connectivity index (χ1n) is 5.01. The Bertz CT molecular complexity index is 368. The zero-order valence-electron chi connectivity index (χ0n) is 8.63. The number of aryl methyl sites for hydroxylation is 1. The zero-order valence-corrected chi connectivity index (χ0v) is 8.63. The molecule has 0 unspecified atom stereocenters. The van der Waals surface area contributed by atoms with E-state index in [1.165, 1.54) is 31.0 Å². The summed E-state index contributed by atoms with van der Waals surface area (Å²) < 4.78 is 1.89. The Morgan fingerprint density at radius 3 is 2.86 bits per heavy atom. The fraction of sp³-hybridized carbons (Fsp3) is 0.600. The third-order valence-corrected chi connectivity index (χ3v) is 2.66. The zero-order chi connectivity index (χ0) is 10.1. The molecule has 1 aromatic rings. The molecule has 0 spiro atoms. The molecule has 0 radical (unpaired) electrons. The summed E-state index contributed by atoms with van der Waals surface area (Å²) in [5.41, 5.74) is 2.51. The van der Waals surface area contributed by atoms with Crippen LogP contribution in [0.25, 0.3) is 0 Å². The SMILES string of the molecule is CC(=O)Nc1nn(C)c2c1CCCC2. The Balaban J connectivity index is 2.36. The van der Waals surface area contributed by atoms with Gasteiger partial charge in [-0.05, 0) is 25.7 Å². The third kappa shape index (κ3) is 1.52. The lowest BCUT2D eigenvalue weighted by Gasteiger charge is -2.12. The number of hydrogen-bond acceptors (Lipinski definition) is 2. The van der Waals surface area contributed by atoms with Gasteiger partial charge in [0.1, 0.15) is 0 Å². The van der Waals surface area contributed by atoms with Gasteiger partial charge in [0.25, 0.3) is 0 Å². The molecule has 4 nitrogen and oxygen atoms in total. The smallest absolute Gasteiger partial charge is 0.222 e. The summed E-state index contributed by atoms with van der Waals surface area (Å²) >= 11 is 0. The van der Waals surface area contributed by atoms with Gasteiger partial charge in [0, 0.05) is 25.2 Å². The van der Waals surface area contributed by atoms with Gasteiger partial charge < -0.3 is 5.32 Å². The van der Waals surface area contributed by atoms with Crippen LogP contribution in [0, 0.1) is 0 Å². The molecule has 76 valence electrons. The highest BCUT2D eigenvalue weighted by molar-refractivity contribution is 5.88. The maximum atomic E-state index is 10.9. The molecule has 0 fully saturated rings. The Morgan fingerprint density at radius 2 is 2.14 bits per heavy atom. The maximum absolute atomic E-state index is 10.9. The van der Waals surface area contributed by atoms with E-state index in [0.29, 0.717) is 0 Å². The fourth-order valence-corrected chi connectivity index (χ4v) is 2.04. The van der Waals surface area contributed by atoms with Gasteiger partial charge in [-0.25, -0.2) is 0 Å². The van der Waals surface area contributed by atoms with E-state index in [9.17, 15) is 4.79 Å². The summed E-state index contributed by atoms with van der Waals surface area (Å²) in [6.07, 6.45) is 4.55. The molecule has 1 aromatic heterocycles. The molecule has 2 rings (SSSR count). The summed E-state index contributed by atoms with van der Waals surface area (Å²) in [7, 11) is 1.94. The van der Waals surface area contributed by atoms with Gasteiger partial charge in [-0.3, -0.25) is 9.48 Å². The van der Waals surface area contributed by atoms with Crippen molar-refractivity contribution in [1.29, 1.82) is 0 Å². The fourth-order valence-electron chi connectivity index (χ4n) is 2.04. The standard InChI is InChI=1S/C10H15N3O/c1-7(14)11-10-8-5-3-4-6-9(8)13(2)12-10/h3-6H2,1-2H3,(H,11,12,14). The van der Waals surface area contributed by atoms with E-state index in [0.717, 1.165) is 18.7 Å². The molecule has 1 aliphatic rings. The summed E-state index contributed by atoms with van der Waals surface area (Å²) in [5, 5.41) is 7.10. The summed E-state index contributed by atoms with van der Waals surface area (Å²) in [6, 6.07) is 0. The van der Waals surface area contributed by atoms with Crippen molar-refractivity contribution >= 4 is 11.7 Å².